The van der Waals surface area contributed by atoms with Gasteiger partial charge in [-0.3, -0.25) is 9.59 Å². The fourth-order valence-corrected chi connectivity index (χ4v) is 2.31. The third kappa shape index (κ3) is 4.46. The van der Waals surface area contributed by atoms with Crippen molar-refractivity contribution in [1.29, 1.82) is 0 Å². The first-order valence-electron chi connectivity index (χ1n) is 6.65. The molecule has 0 aliphatic heterocycles. The lowest BCUT2D eigenvalue weighted by Gasteiger charge is -2.05. The first-order valence-corrected chi connectivity index (χ1v) is 7.44. The predicted molar refractivity (Wildman–Crippen MR) is 86.3 cm³/mol. The average molecular weight is 381 g/mol. The van der Waals surface area contributed by atoms with E-state index in [9.17, 15) is 19.7 Å². The highest BCUT2D eigenvalue weighted by Crippen LogP contribution is 2.22. The van der Waals surface area contributed by atoms with E-state index in [0.29, 0.717) is 11.3 Å². The summed E-state index contributed by atoms with van der Waals surface area (Å²) in [7, 11) is 0. The van der Waals surface area contributed by atoms with Crippen LogP contribution in [0.3, 0.4) is 0 Å². The highest BCUT2D eigenvalue weighted by molar-refractivity contribution is 9.10. The normalized spacial score (nSPS) is 10.3. The monoisotopic (exact) mass is 380 g/mol. The number of carbonyl (C=O) groups is 2. The Hall–Kier alpha value is -2.55. The minimum Gasteiger partial charge on any atom is -0.358 e. The van der Waals surface area contributed by atoms with Crippen LogP contribution in [-0.4, -0.2) is 26.4 Å². The van der Waals surface area contributed by atoms with Crippen molar-refractivity contribution in [3.8, 4) is 0 Å². The molecule has 0 bridgehead atoms. The van der Waals surface area contributed by atoms with Crippen molar-refractivity contribution in [3.63, 3.8) is 0 Å². The smallest absolute Gasteiger partial charge is 0.358 e. The number of anilines is 1. The fourth-order valence-electron chi connectivity index (χ4n) is 1.85. The van der Waals surface area contributed by atoms with Crippen LogP contribution in [-0.2, 0) is 11.3 Å². The van der Waals surface area contributed by atoms with Crippen molar-refractivity contribution in [2.75, 3.05) is 5.32 Å². The van der Waals surface area contributed by atoms with Crippen molar-refractivity contribution >= 4 is 39.1 Å². The second kappa shape index (κ2) is 7.14. The molecule has 1 heterocycles. The molecule has 0 atom stereocenters. The number of carbonyl (C=O) groups excluding carboxylic acids is 2. The maximum Gasteiger partial charge on any atom is 0.404 e. The largest absolute Gasteiger partial charge is 0.404 e. The molecule has 1 aromatic heterocycles. The molecule has 1 aromatic carbocycles. The van der Waals surface area contributed by atoms with Gasteiger partial charge in [0.1, 0.15) is 4.47 Å². The molecule has 0 aliphatic carbocycles. The zero-order chi connectivity index (χ0) is 17.0. The van der Waals surface area contributed by atoms with E-state index < -0.39 is 4.92 Å². The third-order valence-corrected chi connectivity index (χ3v) is 3.57. The van der Waals surface area contributed by atoms with Crippen LogP contribution >= 0.6 is 15.9 Å². The second-order valence-electron chi connectivity index (χ2n) is 4.75. The Bertz CT molecular complexity index is 755. The number of amides is 1. The molecule has 9 heteroatoms. The number of hydrogen-bond donors (Lipinski definition) is 1. The van der Waals surface area contributed by atoms with Gasteiger partial charge in [0.15, 0.2) is 5.78 Å². The van der Waals surface area contributed by atoms with E-state index in [0.717, 1.165) is 0 Å². The standard InChI is InChI=1S/C14H13BrN4O4/c1-9(20)10-2-4-11(5-3-10)16-13(21)6-7-18-8-12(15)14(17-18)19(22)23/h2-5,8H,6-7H2,1H3,(H,16,21). The zero-order valence-electron chi connectivity index (χ0n) is 12.2. The molecule has 0 spiro atoms. The van der Waals surface area contributed by atoms with E-state index >= 15 is 0 Å². The number of aryl methyl sites for hydroxylation is 1. The number of Topliss-reactive ketones (excluding diaryl/α,β-unsaturated/α-hetero) is 1. The molecule has 120 valence electrons. The summed E-state index contributed by atoms with van der Waals surface area (Å²) < 4.78 is 1.60. The maximum absolute atomic E-state index is 11.9. The highest BCUT2D eigenvalue weighted by atomic mass is 79.9. The van der Waals surface area contributed by atoms with Crippen LogP contribution in [0.5, 0.6) is 0 Å². The molecule has 0 aliphatic rings. The van der Waals surface area contributed by atoms with Gasteiger partial charge in [-0.2, -0.15) is 4.68 Å². The Labute approximate surface area is 139 Å². The quantitative estimate of drug-likeness (QED) is 0.470. The second-order valence-corrected chi connectivity index (χ2v) is 5.61. The number of nitrogens with one attached hydrogen (secondary N) is 1. The molecule has 0 unspecified atom stereocenters. The molecule has 0 saturated heterocycles. The molecule has 1 amide bonds. The van der Waals surface area contributed by atoms with E-state index in [4.69, 9.17) is 0 Å². The Kier molecular flexibility index (Phi) is 5.22. The first kappa shape index (κ1) is 16.8. The summed E-state index contributed by atoms with van der Waals surface area (Å²) in [5.41, 5.74) is 1.14. The molecule has 0 fully saturated rings. The molecule has 1 N–H and O–H groups in total. The first-order chi connectivity index (χ1) is 10.9. The summed E-state index contributed by atoms with van der Waals surface area (Å²) in [5, 5.41) is 17.1. The SMILES string of the molecule is CC(=O)c1ccc(NC(=O)CCn2cc(Br)c([N+](=O)[O-])n2)cc1. The minimum absolute atomic E-state index is 0.0475. The van der Waals surface area contributed by atoms with Gasteiger partial charge in [0.2, 0.25) is 5.91 Å². The van der Waals surface area contributed by atoms with E-state index in [2.05, 4.69) is 26.3 Å². The van der Waals surface area contributed by atoms with E-state index in [1.165, 1.54) is 17.8 Å². The van der Waals surface area contributed by atoms with Crippen molar-refractivity contribution in [3.05, 3.63) is 50.6 Å². The molecular weight excluding hydrogens is 368 g/mol. The van der Waals surface area contributed by atoms with Gasteiger partial charge >= 0.3 is 5.82 Å². The fraction of sp³-hybridized carbons (Fsp3) is 0.214. The van der Waals surface area contributed by atoms with Gasteiger partial charge in [-0.1, -0.05) is 0 Å². The maximum atomic E-state index is 11.9. The van der Waals surface area contributed by atoms with Gasteiger partial charge in [0.25, 0.3) is 0 Å². The number of nitro groups is 1. The number of aromatic nitrogens is 2. The molecule has 2 aromatic rings. The summed E-state index contributed by atoms with van der Waals surface area (Å²) in [6.45, 7) is 1.68. The van der Waals surface area contributed by atoms with E-state index in [1.54, 1.807) is 24.3 Å². The Morgan fingerprint density at radius 3 is 2.52 bits per heavy atom. The van der Waals surface area contributed by atoms with Gasteiger partial charge < -0.3 is 15.4 Å². The van der Waals surface area contributed by atoms with Crippen molar-refractivity contribution in [2.24, 2.45) is 0 Å². The summed E-state index contributed by atoms with van der Waals surface area (Å²) in [4.78, 5) is 33.1. The van der Waals surface area contributed by atoms with E-state index in [-0.39, 0.29) is 34.9 Å². The lowest BCUT2D eigenvalue weighted by Crippen LogP contribution is -2.14. The van der Waals surface area contributed by atoms with Crippen LogP contribution in [0, 0.1) is 10.1 Å². The Morgan fingerprint density at radius 1 is 1.35 bits per heavy atom. The summed E-state index contributed by atoms with van der Waals surface area (Å²) in [6.07, 6.45) is 1.56. The number of rotatable bonds is 6. The predicted octanol–water partition coefficient (Wildman–Crippen LogP) is 2.79. The number of nitrogens with zero attached hydrogens (tertiary/aromatic N) is 3. The van der Waals surface area contributed by atoms with Crippen LogP contribution < -0.4 is 5.32 Å². The van der Waals surface area contributed by atoms with Crippen LogP contribution in [0.2, 0.25) is 0 Å². The van der Waals surface area contributed by atoms with Crippen molar-refractivity contribution in [1.82, 2.24) is 9.78 Å². The van der Waals surface area contributed by atoms with Gasteiger partial charge in [0, 0.05) is 17.7 Å². The number of halogens is 1. The highest BCUT2D eigenvalue weighted by Gasteiger charge is 2.18. The third-order valence-electron chi connectivity index (χ3n) is 3.02. The topological polar surface area (TPSA) is 107 Å². The van der Waals surface area contributed by atoms with Gasteiger partial charge in [-0.05, 0) is 52.0 Å². The summed E-state index contributed by atoms with van der Waals surface area (Å²) >= 11 is 3.04. The van der Waals surface area contributed by atoms with E-state index in [1.807, 2.05) is 0 Å². The van der Waals surface area contributed by atoms with Gasteiger partial charge in [0.05, 0.1) is 17.8 Å². The lowest BCUT2D eigenvalue weighted by atomic mass is 10.1. The molecule has 0 saturated carbocycles. The molecular formula is C14H13BrN4O4. The summed E-state index contributed by atoms with van der Waals surface area (Å²) in [5.74, 6) is -0.589. The van der Waals surface area contributed by atoms with Gasteiger partial charge in [-0.15, -0.1) is 0 Å². The van der Waals surface area contributed by atoms with Crippen LogP contribution in [0.4, 0.5) is 11.5 Å². The molecule has 23 heavy (non-hydrogen) atoms. The van der Waals surface area contributed by atoms with Crippen LogP contribution in [0.1, 0.15) is 23.7 Å². The summed E-state index contributed by atoms with van der Waals surface area (Å²) in [6, 6.07) is 6.55. The van der Waals surface area contributed by atoms with Crippen LogP contribution in [0.25, 0.3) is 0 Å². The lowest BCUT2D eigenvalue weighted by molar-refractivity contribution is -0.390. The number of benzene rings is 1. The van der Waals surface area contributed by atoms with Crippen molar-refractivity contribution in [2.45, 2.75) is 19.9 Å². The zero-order valence-corrected chi connectivity index (χ0v) is 13.7. The average Bonchev–Trinajstić information content (AvgIpc) is 2.87. The molecule has 2 rings (SSSR count). The van der Waals surface area contributed by atoms with Gasteiger partial charge in [-0.25, -0.2) is 0 Å². The number of ketones is 1. The number of hydrogen-bond acceptors (Lipinski definition) is 5. The minimum atomic E-state index is -0.600. The van der Waals surface area contributed by atoms with Crippen molar-refractivity contribution < 1.29 is 14.5 Å². The molecule has 8 nitrogen and oxygen atoms in total. The van der Waals surface area contributed by atoms with Crippen LogP contribution in [0.15, 0.2) is 34.9 Å². The Balaban J connectivity index is 1.91. The molecule has 0 radical (unpaired) electrons. The Morgan fingerprint density at radius 2 is 2.00 bits per heavy atom.